The Hall–Kier alpha value is -2.69. The number of hydrogen-bond donors (Lipinski definition) is 1. The molecule has 1 aliphatic rings. The minimum absolute atomic E-state index is 0.00624. The maximum Gasteiger partial charge on any atom is 0.227 e. The molecule has 27 heavy (non-hydrogen) atoms. The highest BCUT2D eigenvalue weighted by molar-refractivity contribution is 5.79. The smallest absolute Gasteiger partial charge is 0.227 e. The van der Waals surface area contributed by atoms with Crippen molar-refractivity contribution in [3.05, 3.63) is 53.6 Å². The monoisotopic (exact) mass is 369 g/mol. The van der Waals surface area contributed by atoms with Gasteiger partial charge in [-0.3, -0.25) is 4.79 Å². The Labute approximate surface area is 160 Å². The zero-order valence-electron chi connectivity index (χ0n) is 16.0. The SMILES string of the molecule is CCCCOc1ccc(CNC(=O)[C@@H]2COc3ccc(OC)cc3C2)cc1. The van der Waals surface area contributed by atoms with Gasteiger partial charge in [-0.05, 0) is 54.3 Å². The maximum atomic E-state index is 12.5. The molecule has 1 N–H and O–H groups in total. The number of carbonyl (C=O) groups excluding carboxylic acids is 1. The van der Waals surface area contributed by atoms with Gasteiger partial charge in [-0.1, -0.05) is 25.5 Å². The van der Waals surface area contributed by atoms with Crippen molar-refractivity contribution >= 4 is 5.91 Å². The Balaban J connectivity index is 1.50. The third-order valence-corrected chi connectivity index (χ3v) is 4.70. The van der Waals surface area contributed by atoms with Crippen molar-refractivity contribution in [3.8, 4) is 17.2 Å². The number of nitrogens with one attached hydrogen (secondary N) is 1. The summed E-state index contributed by atoms with van der Waals surface area (Å²) in [4.78, 5) is 12.5. The van der Waals surface area contributed by atoms with E-state index in [1.165, 1.54) is 0 Å². The van der Waals surface area contributed by atoms with Crippen LogP contribution in [-0.2, 0) is 17.8 Å². The van der Waals surface area contributed by atoms with E-state index in [1.807, 2.05) is 42.5 Å². The van der Waals surface area contributed by atoms with E-state index in [9.17, 15) is 4.79 Å². The number of hydrogen-bond acceptors (Lipinski definition) is 4. The van der Waals surface area contributed by atoms with Crippen molar-refractivity contribution in [2.45, 2.75) is 32.7 Å². The van der Waals surface area contributed by atoms with Crippen LogP contribution >= 0.6 is 0 Å². The molecule has 0 unspecified atom stereocenters. The number of benzene rings is 2. The molecule has 0 fully saturated rings. The molecule has 3 rings (SSSR count). The number of amides is 1. The zero-order valence-corrected chi connectivity index (χ0v) is 16.0. The van der Waals surface area contributed by atoms with Gasteiger partial charge in [0.1, 0.15) is 23.9 Å². The van der Waals surface area contributed by atoms with Crippen molar-refractivity contribution in [2.24, 2.45) is 5.92 Å². The largest absolute Gasteiger partial charge is 0.497 e. The van der Waals surface area contributed by atoms with Crippen molar-refractivity contribution < 1.29 is 19.0 Å². The van der Waals surface area contributed by atoms with Crippen molar-refractivity contribution in [1.82, 2.24) is 5.32 Å². The molecule has 1 heterocycles. The first-order chi connectivity index (χ1) is 13.2. The van der Waals surface area contributed by atoms with Crippen LogP contribution in [0.5, 0.6) is 17.2 Å². The van der Waals surface area contributed by atoms with Crippen LogP contribution in [0.4, 0.5) is 0 Å². The van der Waals surface area contributed by atoms with Gasteiger partial charge in [0.25, 0.3) is 0 Å². The van der Waals surface area contributed by atoms with Gasteiger partial charge in [-0.25, -0.2) is 0 Å². The highest BCUT2D eigenvalue weighted by Crippen LogP contribution is 2.30. The van der Waals surface area contributed by atoms with Crippen LogP contribution in [0.3, 0.4) is 0 Å². The van der Waals surface area contributed by atoms with Gasteiger partial charge in [0, 0.05) is 6.54 Å². The van der Waals surface area contributed by atoms with E-state index in [0.717, 1.165) is 47.8 Å². The van der Waals surface area contributed by atoms with Gasteiger partial charge in [-0.15, -0.1) is 0 Å². The van der Waals surface area contributed by atoms with Gasteiger partial charge in [0.2, 0.25) is 5.91 Å². The van der Waals surface area contributed by atoms with Crippen LogP contribution in [0.1, 0.15) is 30.9 Å². The molecule has 0 aliphatic carbocycles. The number of ether oxygens (including phenoxy) is 3. The maximum absolute atomic E-state index is 12.5. The van der Waals surface area contributed by atoms with Gasteiger partial charge >= 0.3 is 0 Å². The Morgan fingerprint density at radius 1 is 1.19 bits per heavy atom. The highest BCUT2D eigenvalue weighted by atomic mass is 16.5. The summed E-state index contributed by atoms with van der Waals surface area (Å²) in [6.07, 6.45) is 2.82. The van der Waals surface area contributed by atoms with E-state index in [2.05, 4.69) is 12.2 Å². The highest BCUT2D eigenvalue weighted by Gasteiger charge is 2.26. The zero-order chi connectivity index (χ0) is 19.1. The molecule has 5 heteroatoms. The standard InChI is InChI=1S/C22H27NO4/c1-3-4-11-26-19-7-5-16(6-8-19)14-23-22(24)18-12-17-13-20(25-2)9-10-21(17)27-15-18/h5-10,13,18H,3-4,11-12,14-15H2,1-2H3,(H,23,24)/t18-/m0/s1. The fourth-order valence-electron chi connectivity index (χ4n) is 3.04. The second-order valence-corrected chi connectivity index (χ2v) is 6.75. The quantitative estimate of drug-likeness (QED) is 0.720. The molecular formula is C22H27NO4. The summed E-state index contributed by atoms with van der Waals surface area (Å²) >= 11 is 0. The third kappa shape index (κ3) is 5.16. The van der Waals surface area contributed by atoms with Crippen LogP contribution in [0.25, 0.3) is 0 Å². The summed E-state index contributed by atoms with van der Waals surface area (Å²) in [6, 6.07) is 13.6. The number of unbranched alkanes of at least 4 members (excludes halogenated alkanes) is 1. The van der Waals surface area contributed by atoms with E-state index >= 15 is 0 Å². The summed E-state index contributed by atoms with van der Waals surface area (Å²) in [5, 5.41) is 3.01. The first-order valence-electron chi connectivity index (χ1n) is 9.48. The van der Waals surface area contributed by atoms with E-state index in [4.69, 9.17) is 14.2 Å². The molecule has 0 spiro atoms. The molecule has 1 atom stereocenters. The molecule has 1 aliphatic heterocycles. The molecule has 0 radical (unpaired) electrons. The number of methoxy groups -OCH3 is 1. The number of fused-ring (bicyclic) bond motifs is 1. The lowest BCUT2D eigenvalue weighted by atomic mass is 9.95. The predicted octanol–water partition coefficient (Wildman–Crippen LogP) is 3.74. The van der Waals surface area contributed by atoms with E-state index in [1.54, 1.807) is 7.11 Å². The fourth-order valence-corrected chi connectivity index (χ4v) is 3.04. The van der Waals surface area contributed by atoms with Crippen molar-refractivity contribution in [2.75, 3.05) is 20.3 Å². The molecule has 0 aromatic heterocycles. The number of carbonyl (C=O) groups is 1. The van der Waals surface area contributed by atoms with Crippen molar-refractivity contribution in [3.63, 3.8) is 0 Å². The Bertz CT molecular complexity index is 757. The molecule has 1 amide bonds. The first kappa shape index (κ1) is 19.1. The molecule has 0 saturated heterocycles. The van der Waals surface area contributed by atoms with Gasteiger partial charge in [-0.2, -0.15) is 0 Å². The van der Waals surface area contributed by atoms with Crippen LogP contribution in [0, 0.1) is 5.92 Å². The van der Waals surface area contributed by atoms with Crippen LogP contribution < -0.4 is 19.5 Å². The Kier molecular flexibility index (Phi) is 6.58. The lowest BCUT2D eigenvalue weighted by Gasteiger charge is -2.25. The minimum Gasteiger partial charge on any atom is -0.497 e. The third-order valence-electron chi connectivity index (χ3n) is 4.70. The van der Waals surface area contributed by atoms with Gasteiger partial charge < -0.3 is 19.5 Å². The Morgan fingerprint density at radius 2 is 1.96 bits per heavy atom. The van der Waals surface area contributed by atoms with E-state index in [0.29, 0.717) is 19.6 Å². The van der Waals surface area contributed by atoms with Crippen LogP contribution in [0.2, 0.25) is 0 Å². The topological polar surface area (TPSA) is 56.8 Å². The molecule has 0 bridgehead atoms. The normalized spacial score (nSPS) is 15.4. The molecule has 2 aromatic rings. The fraction of sp³-hybridized carbons (Fsp3) is 0.409. The Morgan fingerprint density at radius 3 is 2.70 bits per heavy atom. The van der Waals surface area contributed by atoms with E-state index < -0.39 is 0 Å². The lowest BCUT2D eigenvalue weighted by Crippen LogP contribution is -2.37. The lowest BCUT2D eigenvalue weighted by molar-refractivity contribution is -0.126. The summed E-state index contributed by atoms with van der Waals surface area (Å²) in [5.74, 6) is 2.29. The average molecular weight is 369 g/mol. The second kappa shape index (κ2) is 9.31. The molecule has 0 saturated carbocycles. The molecule has 2 aromatic carbocycles. The van der Waals surface area contributed by atoms with Crippen molar-refractivity contribution in [1.29, 1.82) is 0 Å². The second-order valence-electron chi connectivity index (χ2n) is 6.75. The average Bonchev–Trinajstić information content (AvgIpc) is 2.72. The van der Waals surface area contributed by atoms with Crippen LogP contribution in [-0.4, -0.2) is 26.2 Å². The molecular weight excluding hydrogens is 342 g/mol. The predicted molar refractivity (Wildman–Crippen MR) is 104 cm³/mol. The first-order valence-corrected chi connectivity index (χ1v) is 9.48. The van der Waals surface area contributed by atoms with Crippen LogP contribution in [0.15, 0.2) is 42.5 Å². The summed E-state index contributed by atoms with van der Waals surface area (Å²) in [7, 11) is 1.63. The van der Waals surface area contributed by atoms with Gasteiger partial charge in [0.15, 0.2) is 0 Å². The molecule has 144 valence electrons. The summed E-state index contributed by atoms with van der Waals surface area (Å²) in [6.45, 7) is 3.77. The number of rotatable bonds is 8. The summed E-state index contributed by atoms with van der Waals surface area (Å²) in [5.41, 5.74) is 2.05. The van der Waals surface area contributed by atoms with Gasteiger partial charge in [0.05, 0.1) is 19.6 Å². The summed E-state index contributed by atoms with van der Waals surface area (Å²) < 4.78 is 16.7. The minimum atomic E-state index is -0.193. The van der Waals surface area contributed by atoms with E-state index in [-0.39, 0.29) is 11.8 Å². The molecule has 5 nitrogen and oxygen atoms in total.